The molecule has 3 rings (SSSR count). The SMILES string of the molecule is Cc1ccc(S(=O)(=O)N2CCCN(CCS(=O)(=O)Oc3ccccc3)CC2)cc1. The van der Waals surface area contributed by atoms with Crippen LogP contribution in [-0.2, 0) is 20.1 Å². The molecule has 0 unspecified atom stereocenters. The Hall–Kier alpha value is -1.94. The third-order valence-electron chi connectivity index (χ3n) is 4.83. The minimum absolute atomic E-state index is 0.146. The number of para-hydroxylation sites is 1. The monoisotopic (exact) mass is 438 g/mol. The molecule has 9 heteroatoms. The Bertz CT molecular complexity index is 1010. The maximum atomic E-state index is 12.9. The molecule has 0 aliphatic carbocycles. The van der Waals surface area contributed by atoms with Crippen molar-refractivity contribution in [2.75, 3.05) is 38.5 Å². The standard InChI is InChI=1S/C20H26N2O5S2/c1-18-8-10-20(11-9-18)29(25,26)22-13-5-12-21(14-15-22)16-17-28(23,24)27-19-6-3-2-4-7-19/h2-4,6-11H,5,12-17H2,1H3. The van der Waals surface area contributed by atoms with Crippen molar-refractivity contribution in [3.8, 4) is 5.75 Å². The molecule has 1 aliphatic heterocycles. The van der Waals surface area contributed by atoms with Gasteiger partial charge in [-0.15, -0.1) is 0 Å². The summed E-state index contributed by atoms with van der Waals surface area (Å²) in [5.74, 6) is 0.144. The highest BCUT2D eigenvalue weighted by atomic mass is 32.2. The van der Waals surface area contributed by atoms with Crippen molar-refractivity contribution in [3.63, 3.8) is 0 Å². The van der Waals surface area contributed by atoms with Gasteiger partial charge < -0.3 is 9.08 Å². The fourth-order valence-electron chi connectivity index (χ4n) is 3.18. The molecule has 29 heavy (non-hydrogen) atoms. The minimum Gasteiger partial charge on any atom is -0.382 e. The fraction of sp³-hybridized carbons (Fsp3) is 0.400. The number of hydrogen-bond acceptors (Lipinski definition) is 6. The molecule has 0 amide bonds. The van der Waals surface area contributed by atoms with E-state index in [2.05, 4.69) is 0 Å². The first-order valence-electron chi connectivity index (χ1n) is 9.53. The molecule has 0 bridgehead atoms. The van der Waals surface area contributed by atoms with Crippen LogP contribution >= 0.6 is 0 Å². The van der Waals surface area contributed by atoms with E-state index in [0.29, 0.717) is 44.9 Å². The lowest BCUT2D eigenvalue weighted by Gasteiger charge is -2.21. The zero-order valence-electron chi connectivity index (χ0n) is 16.4. The quantitative estimate of drug-likeness (QED) is 0.616. The van der Waals surface area contributed by atoms with Crippen LogP contribution in [-0.4, -0.2) is 64.5 Å². The van der Waals surface area contributed by atoms with Crippen LogP contribution in [0.4, 0.5) is 0 Å². The Kier molecular flexibility index (Phi) is 6.94. The Morgan fingerprint density at radius 2 is 1.55 bits per heavy atom. The second-order valence-electron chi connectivity index (χ2n) is 7.07. The number of sulfonamides is 1. The highest BCUT2D eigenvalue weighted by Crippen LogP contribution is 2.18. The van der Waals surface area contributed by atoms with Crippen LogP contribution in [0.15, 0.2) is 59.5 Å². The van der Waals surface area contributed by atoms with Gasteiger partial charge in [-0.05, 0) is 44.2 Å². The molecule has 2 aromatic carbocycles. The second-order valence-corrected chi connectivity index (χ2v) is 10.7. The van der Waals surface area contributed by atoms with Crippen molar-refractivity contribution in [1.29, 1.82) is 0 Å². The van der Waals surface area contributed by atoms with Crippen LogP contribution in [0.25, 0.3) is 0 Å². The van der Waals surface area contributed by atoms with Gasteiger partial charge in [0.2, 0.25) is 10.0 Å². The van der Waals surface area contributed by atoms with Crippen LogP contribution in [0.5, 0.6) is 5.75 Å². The maximum Gasteiger partial charge on any atom is 0.310 e. The van der Waals surface area contributed by atoms with Crippen molar-refractivity contribution in [3.05, 3.63) is 60.2 Å². The van der Waals surface area contributed by atoms with Gasteiger partial charge in [-0.25, -0.2) is 8.42 Å². The van der Waals surface area contributed by atoms with Gasteiger partial charge in [0.25, 0.3) is 0 Å². The summed E-state index contributed by atoms with van der Waals surface area (Å²) < 4.78 is 56.7. The van der Waals surface area contributed by atoms with E-state index in [1.54, 1.807) is 54.6 Å². The summed E-state index contributed by atoms with van der Waals surface area (Å²) in [5, 5.41) is 0. The molecule has 0 N–H and O–H groups in total. The van der Waals surface area contributed by atoms with E-state index >= 15 is 0 Å². The Balaban J connectivity index is 1.56. The van der Waals surface area contributed by atoms with Crippen molar-refractivity contribution < 1.29 is 21.0 Å². The third-order valence-corrected chi connectivity index (χ3v) is 7.87. The topological polar surface area (TPSA) is 84.0 Å². The molecule has 2 aromatic rings. The molecule has 1 aliphatic rings. The van der Waals surface area contributed by atoms with Gasteiger partial charge in [-0.2, -0.15) is 12.7 Å². The third kappa shape index (κ3) is 6.02. The van der Waals surface area contributed by atoms with Crippen molar-refractivity contribution in [1.82, 2.24) is 9.21 Å². The maximum absolute atomic E-state index is 12.9. The van der Waals surface area contributed by atoms with Gasteiger partial charge in [-0.1, -0.05) is 35.9 Å². The summed E-state index contributed by atoms with van der Waals surface area (Å²) in [6, 6.07) is 15.2. The Morgan fingerprint density at radius 3 is 2.24 bits per heavy atom. The van der Waals surface area contributed by atoms with Gasteiger partial charge in [0.15, 0.2) is 0 Å². The first-order chi connectivity index (χ1) is 13.8. The number of hydrogen-bond donors (Lipinski definition) is 0. The highest BCUT2D eigenvalue weighted by Gasteiger charge is 2.27. The summed E-state index contributed by atoms with van der Waals surface area (Å²) in [4.78, 5) is 2.26. The predicted molar refractivity (Wildman–Crippen MR) is 112 cm³/mol. The van der Waals surface area contributed by atoms with Crippen LogP contribution < -0.4 is 4.18 Å². The predicted octanol–water partition coefficient (Wildman–Crippen LogP) is 2.10. The number of nitrogens with zero attached hydrogens (tertiary/aromatic N) is 2. The fourth-order valence-corrected chi connectivity index (χ4v) is 5.61. The smallest absolute Gasteiger partial charge is 0.310 e. The average Bonchev–Trinajstić information content (AvgIpc) is 2.94. The Labute approximate surface area is 173 Å². The van der Waals surface area contributed by atoms with Crippen LogP contribution in [0.3, 0.4) is 0 Å². The lowest BCUT2D eigenvalue weighted by atomic mass is 10.2. The highest BCUT2D eigenvalue weighted by molar-refractivity contribution is 7.89. The zero-order chi connectivity index (χ0) is 20.9. The first-order valence-corrected chi connectivity index (χ1v) is 12.5. The molecular formula is C20H26N2O5S2. The van der Waals surface area contributed by atoms with Crippen LogP contribution in [0.1, 0.15) is 12.0 Å². The summed E-state index contributed by atoms with van der Waals surface area (Å²) in [5.41, 5.74) is 1.00. The average molecular weight is 439 g/mol. The number of rotatable bonds is 7. The second kappa shape index (κ2) is 9.25. The molecule has 1 heterocycles. The molecule has 1 saturated heterocycles. The molecule has 0 spiro atoms. The van der Waals surface area contributed by atoms with E-state index in [9.17, 15) is 16.8 Å². The normalized spacial score (nSPS) is 17.0. The Morgan fingerprint density at radius 1 is 0.862 bits per heavy atom. The van der Waals surface area contributed by atoms with Crippen LogP contribution in [0.2, 0.25) is 0 Å². The summed E-state index contributed by atoms with van der Waals surface area (Å²) >= 11 is 0. The van der Waals surface area contributed by atoms with Gasteiger partial charge in [0, 0.05) is 26.2 Å². The molecular weight excluding hydrogens is 412 g/mol. The van der Waals surface area contributed by atoms with Gasteiger partial charge in [-0.3, -0.25) is 0 Å². The van der Waals surface area contributed by atoms with Crippen LogP contribution in [0, 0.1) is 6.92 Å². The minimum atomic E-state index is -3.71. The van der Waals surface area contributed by atoms with Crippen molar-refractivity contribution >= 4 is 20.1 Å². The lowest BCUT2D eigenvalue weighted by Crippen LogP contribution is -2.36. The van der Waals surface area contributed by atoms with E-state index in [-0.39, 0.29) is 10.6 Å². The molecule has 0 aromatic heterocycles. The summed E-state index contributed by atoms with van der Waals surface area (Å²) in [6.45, 7) is 4.08. The molecule has 158 valence electrons. The molecule has 7 nitrogen and oxygen atoms in total. The van der Waals surface area contributed by atoms with E-state index in [4.69, 9.17) is 4.18 Å². The molecule has 0 atom stereocenters. The lowest BCUT2D eigenvalue weighted by molar-refractivity contribution is 0.300. The van der Waals surface area contributed by atoms with E-state index in [0.717, 1.165) is 5.56 Å². The zero-order valence-corrected chi connectivity index (χ0v) is 18.0. The first kappa shape index (κ1) is 21.8. The molecule has 0 saturated carbocycles. The largest absolute Gasteiger partial charge is 0.382 e. The number of aryl methyl sites for hydroxylation is 1. The van der Waals surface area contributed by atoms with Crippen molar-refractivity contribution in [2.24, 2.45) is 0 Å². The van der Waals surface area contributed by atoms with Crippen molar-refractivity contribution in [2.45, 2.75) is 18.2 Å². The summed E-state index contributed by atoms with van der Waals surface area (Å²) in [7, 11) is -7.25. The van der Waals surface area contributed by atoms with E-state index in [1.165, 1.54) is 4.31 Å². The molecule has 0 radical (unpaired) electrons. The van der Waals surface area contributed by atoms with Gasteiger partial charge in [0.1, 0.15) is 5.75 Å². The number of benzene rings is 2. The van der Waals surface area contributed by atoms with Gasteiger partial charge >= 0.3 is 10.1 Å². The van der Waals surface area contributed by atoms with E-state index in [1.807, 2.05) is 11.8 Å². The van der Waals surface area contributed by atoms with Gasteiger partial charge in [0.05, 0.1) is 10.6 Å². The molecule has 1 fully saturated rings. The summed E-state index contributed by atoms with van der Waals surface area (Å²) in [6.07, 6.45) is 0.644. The van der Waals surface area contributed by atoms with E-state index < -0.39 is 20.1 Å².